The minimum Gasteiger partial charge on any atom is -0.461 e. The number of benzene rings is 2. The van der Waals surface area contributed by atoms with Crippen molar-refractivity contribution in [2.45, 2.75) is 13.5 Å². The molecule has 0 radical (unpaired) electrons. The molecule has 0 saturated carbocycles. The van der Waals surface area contributed by atoms with Gasteiger partial charge in [-0.25, -0.2) is 14.8 Å². The van der Waals surface area contributed by atoms with Crippen LogP contribution in [0, 0.1) is 0 Å². The van der Waals surface area contributed by atoms with Crippen LogP contribution in [0.4, 0.5) is 5.82 Å². The molecule has 7 heteroatoms. The van der Waals surface area contributed by atoms with Gasteiger partial charge in [0.1, 0.15) is 0 Å². The lowest BCUT2D eigenvalue weighted by Gasteiger charge is -2.12. The number of esters is 1. The van der Waals surface area contributed by atoms with Crippen LogP contribution in [0.2, 0.25) is 10.0 Å². The van der Waals surface area contributed by atoms with E-state index in [-0.39, 0.29) is 12.3 Å². The third-order valence-electron chi connectivity index (χ3n) is 3.50. The Morgan fingerprint density at radius 3 is 2.52 bits per heavy atom. The number of carbonyl (C=O) groups excluding carboxylic acids is 1. The summed E-state index contributed by atoms with van der Waals surface area (Å²) in [6.45, 7) is 2.37. The molecule has 25 heavy (non-hydrogen) atoms. The van der Waals surface area contributed by atoms with Crippen LogP contribution in [0.5, 0.6) is 0 Å². The summed E-state index contributed by atoms with van der Waals surface area (Å²) < 4.78 is 5.08. The zero-order valence-electron chi connectivity index (χ0n) is 13.4. The average Bonchev–Trinajstić information content (AvgIpc) is 2.60. The van der Waals surface area contributed by atoms with E-state index in [2.05, 4.69) is 15.3 Å². The highest BCUT2D eigenvalue weighted by atomic mass is 35.5. The van der Waals surface area contributed by atoms with Gasteiger partial charge in [0.25, 0.3) is 0 Å². The lowest BCUT2D eigenvalue weighted by Crippen LogP contribution is -2.14. The van der Waals surface area contributed by atoms with Crippen molar-refractivity contribution in [3.05, 3.63) is 63.8 Å². The minimum atomic E-state index is -0.523. The van der Waals surface area contributed by atoms with E-state index in [9.17, 15) is 4.79 Å². The molecule has 0 spiro atoms. The van der Waals surface area contributed by atoms with Crippen molar-refractivity contribution in [2.24, 2.45) is 0 Å². The highest BCUT2D eigenvalue weighted by Gasteiger charge is 2.17. The predicted molar refractivity (Wildman–Crippen MR) is 99.3 cm³/mol. The molecule has 0 amide bonds. The molecule has 0 unspecified atom stereocenters. The summed E-state index contributed by atoms with van der Waals surface area (Å²) in [6, 6.07) is 12.6. The Morgan fingerprint density at radius 1 is 1.12 bits per heavy atom. The number of hydrogen-bond donors (Lipinski definition) is 1. The number of nitrogens with zero attached hydrogens (tertiary/aromatic N) is 2. The molecule has 3 aromatic rings. The number of fused-ring (bicyclic) bond motifs is 1. The van der Waals surface area contributed by atoms with E-state index in [0.717, 1.165) is 5.56 Å². The highest BCUT2D eigenvalue weighted by molar-refractivity contribution is 6.35. The van der Waals surface area contributed by atoms with Gasteiger partial charge in [-0.15, -0.1) is 0 Å². The van der Waals surface area contributed by atoms with Gasteiger partial charge in [-0.2, -0.15) is 0 Å². The van der Waals surface area contributed by atoms with Gasteiger partial charge in [0.2, 0.25) is 0 Å². The molecule has 1 aromatic heterocycles. The number of ether oxygens (including phenoxy) is 1. The predicted octanol–water partition coefficient (Wildman–Crippen LogP) is 4.73. The number of halogens is 2. The number of nitrogens with one attached hydrogen (secondary N) is 1. The van der Waals surface area contributed by atoms with Gasteiger partial charge in [0, 0.05) is 16.6 Å². The van der Waals surface area contributed by atoms with Crippen LogP contribution in [0.15, 0.2) is 42.5 Å². The molecule has 2 aromatic carbocycles. The quantitative estimate of drug-likeness (QED) is 0.653. The Labute approximate surface area is 155 Å². The lowest BCUT2D eigenvalue weighted by atomic mass is 10.2. The van der Waals surface area contributed by atoms with Crippen molar-refractivity contribution < 1.29 is 9.53 Å². The standard InChI is InChI=1S/C18H15Cl2N3O2/c1-2-25-18(24)16-17(23-15-6-4-3-5-14(15)22-16)21-10-11-7-8-12(19)9-13(11)20/h3-9H,2,10H2,1H3,(H,21,23). The topological polar surface area (TPSA) is 64.1 Å². The Bertz CT molecular complexity index is 931. The lowest BCUT2D eigenvalue weighted by molar-refractivity contribution is 0.0520. The van der Waals surface area contributed by atoms with Gasteiger partial charge < -0.3 is 10.1 Å². The van der Waals surface area contributed by atoms with E-state index >= 15 is 0 Å². The monoisotopic (exact) mass is 375 g/mol. The molecule has 1 heterocycles. The third-order valence-corrected chi connectivity index (χ3v) is 4.09. The summed E-state index contributed by atoms with van der Waals surface area (Å²) in [5.74, 6) is -0.173. The van der Waals surface area contributed by atoms with Crippen molar-refractivity contribution in [2.75, 3.05) is 11.9 Å². The second-order valence-electron chi connectivity index (χ2n) is 5.22. The summed E-state index contributed by atoms with van der Waals surface area (Å²) in [6.07, 6.45) is 0. The molecule has 0 bridgehead atoms. The largest absolute Gasteiger partial charge is 0.461 e. The van der Waals surface area contributed by atoms with Crippen LogP contribution in [-0.4, -0.2) is 22.5 Å². The molecule has 128 valence electrons. The second-order valence-corrected chi connectivity index (χ2v) is 6.06. The number of carbonyl (C=O) groups is 1. The molecule has 0 atom stereocenters. The normalized spacial score (nSPS) is 10.7. The highest BCUT2D eigenvalue weighted by Crippen LogP contribution is 2.23. The third kappa shape index (κ3) is 4.00. The van der Waals surface area contributed by atoms with E-state index in [1.807, 2.05) is 24.3 Å². The maximum Gasteiger partial charge on any atom is 0.360 e. The van der Waals surface area contributed by atoms with Crippen molar-refractivity contribution in [1.82, 2.24) is 9.97 Å². The number of rotatable bonds is 5. The fourth-order valence-corrected chi connectivity index (χ4v) is 2.78. The van der Waals surface area contributed by atoms with Crippen LogP contribution >= 0.6 is 23.2 Å². The number of para-hydroxylation sites is 2. The van der Waals surface area contributed by atoms with Gasteiger partial charge in [-0.1, -0.05) is 41.4 Å². The first kappa shape index (κ1) is 17.5. The summed E-state index contributed by atoms with van der Waals surface area (Å²) in [5, 5.41) is 4.21. The average molecular weight is 376 g/mol. The zero-order valence-corrected chi connectivity index (χ0v) is 14.9. The molecule has 3 rings (SSSR count). The first-order valence-electron chi connectivity index (χ1n) is 7.70. The Hall–Kier alpha value is -2.37. The first-order valence-corrected chi connectivity index (χ1v) is 8.45. The van der Waals surface area contributed by atoms with Crippen LogP contribution < -0.4 is 5.32 Å². The van der Waals surface area contributed by atoms with Gasteiger partial charge in [0.15, 0.2) is 11.5 Å². The van der Waals surface area contributed by atoms with E-state index < -0.39 is 5.97 Å². The van der Waals surface area contributed by atoms with E-state index in [0.29, 0.717) is 33.4 Å². The smallest absolute Gasteiger partial charge is 0.360 e. The van der Waals surface area contributed by atoms with Crippen molar-refractivity contribution in [3.63, 3.8) is 0 Å². The van der Waals surface area contributed by atoms with Gasteiger partial charge in [-0.3, -0.25) is 0 Å². The molecule has 0 fully saturated rings. The van der Waals surface area contributed by atoms with Gasteiger partial charge in [-0.05, 0) is 36.8 Å². The first-order chi connectivity index (χ1) is 12.1. The summed E-state index contributed by atoms with van der Waals surface area (Å²) >= 11 is 12.1. The summed E-state index contributed by atoms with van der Waals surface area (Å²) in [7, 11) is 0. The SMILES string of the molecule is CCOC(=O)c1nc2ccccc2nc1NCc1ccc(Cl)cc1Cl. The summed E-state index contributed by atoms with van der Waals surface area (Å²) in [5.41, 5.74) is 2.28. The van der Waals surface area contributed by atoms with Crippen LogP contribution in [0.25, 0.3) is 11.0 Å². The number of hydrogen-bond acceptors (Lipinski definition) is 5. The van der Waals surface area contributed by atoms with Crippen LogP contribution in [0.3, 0.4) is 0 Å². The Morgan fingerprint density at radius 2 is 1.84 bits per heavy atom. The zero-order chi connectivity index (χ0) is 17.8. The van der Waals surface area contributed by atoms with E-state index in [4.69, 9.17) is 27.9 Å². The second kappa shape index (κ2) is 7.68. The number of anilines is 1. The van der Waals surface area contributed by atoms with Crippen molar-refractivity contribution in [1.29, 1.82) is 0 Å². The molecule has 5 nitrogen and oxygen atoms in total. The van der Waals surface area contributed by atoms with Crippen LogP contribution in [-0.2, 0) is 11.3 Å². The van der Waals surface area contributed by atoms with Crippen molar-refractivity contribution in [3.8, 4) is 0 Å². The van der Waals surface area contributed by atoms with Crippen molar-refractivity contribution >= 4 is 46.0 Å². The maximum atomic E-state index is 12.2. The molecular weight excluding hydrogens is 361 g/mol. The molecule has 0 aliphatic rings. The minimum absolute atomic E-state index is 0.144. The molecule has 1 N–H and O–H groups in total. The Kier molecular flexibility index (Phi) is 5.36. The number of aromatic nitrogens is 2. The Balaban J connectivity index is 1.95. The summed E-state index contributed by atoms with van der Waals surface area (Å²) in [4.78, 5) is 21.1. The fraction of sp³-hybridized carbons (Fsp3) is 0.167. The van der Waals surface area contributed by atoms with E-state index in [1.54, 1.807) is 25.1 Å². The van der Waals surface area contributed by atoms with Gasteiger partial charge >= 0.3 is 5.97 Å². The van der Waals surface area contributed by atoms with Gasteiger partial charge in [0.05, 0.1) is 17.6 Å². The molecule has 0 saturated heterocycles. The van der Waals surface area contributed by atoms with E-state index in [1.165, 1.54) is 0 Å². The molecular formula is C18H15Cl2N3O2. The fourth-order valence-electron chi connectivity index (χ4n) is 2.31. The molecule has 0 aliphatic heterocycles. The maximum absolute atomic E-state index is 12.2. The molecule has 0 aliphatic carbocycles. The van der Waals surface area contributed by atoms with Crippen LogP contribution in [0.1, 0.15) is 23.0 Å².